The summed E-state index contributed by atoms with van der Waals surface area (Å²) in [5.74, 6) is 3.16. The van der Waals surface area contributed by atoms with Gasteiger partial charge in [0.05, 0.1) is 0 Å². The number of benzene rings is 2. The van der Waals surface area contributed by atoms with Crippen LogP contribution in [0.4, 0.5) is 4.39 Å². The van der Waals surface area contributed by atoms with Crippen LogP contribution in [0.25, 0.3) is 11.1 Å². The molecule has 2 aromatic carbocycles. The lowest BCUT2D eigenvalue weighted by Gasteiger charge is -2.28. The Hall–Kier alpha value is -1.63. The molecule has 156 valence electrons. The van der Waals surface area contributed by atoms with Gasteiger partial charge in [0.1, 0.15) is 5.82 Å². The number of rotatable bonds is 5. The number of hydrogen-bond donors (Lipinski definition) is 0. The highest BCUT2D eigenvalue weighted by Gasteiger charge is 2.22. The zero-order chi connectivity index (χ0) is 20.2. The predicted molar refractivity (Wildman–Crippen MR) is 122 cm³/mol. The SMILES string of the molecule is CCC1CCC(c2ccc(-c3ccc(CC4CCC(C)CC4)cc3F)cc2)CC1. The van der Waals surface area contributed by atoms with Gasteiger partial charge in [-0.2, -0.15) is 0 Å². The van der Waals surface area contributed by atoms with Crippen LogP contribution in [0.3, 0.4) is 0 Å². The summed E-state index contributed by atoms with van der Waals surface area (Å²) < 4.78 is 14.9. The summed E-state index contributed by atoms with van der Waals surface area (Å²) in [6.45, 7) is 4.67. The third-order valence-corrected chi connectivity index (χ3v) is 7.81. The molecule has 2 fully saturated rings. The second-order valence-corrected chi connectivity index (χ2v) is 9.89. The summed E-state index contributed by atoms with van der Waals surface area (Å²) in [6, 6.07) is 14.7. The highest BCUT2D eigenvalue weighted by Crippen LogP contribution is 2.38. The molecule has 4 rings (SSSR count). The minimum atomic E-state index is -0.0668. The second-order valence-electron chi connectivity index (χ2n) is 9.89. The average molecular weight is 393 g/mol. The highest BCUT2D eigenvalue weighted by molar-refractivity contribution is 5.65. The minimum Gasteiger partial charge on any atom is -0.206 e. The summed E-state index contributed by atoms with van der Waals surface area (Å²) in [7, 11) is 0. The van der Waals surface area contributed by atoms with Crippen molar-refractivity contribution < 1.29 is 4.39 Å². The van der Waals surface area contributed by atoms with Gasteiger partial charge in [0.2, 0.25) is 0 Å². The molecule has 2 aliphatic carbocycles. The summed E-state index contributed by atoms with van der Waals surface area (Å²) in [5.41, 5.74) is 4.35. The highest BCUT2D eigenvalue weighted by atomic mass is 19.1. The fourth-order valence-corrected chi connectivity index (χ4v) is 5.63. The van der Waals surface area contributed by atoms with Crippen LogP contribution >= 0.6 is 0 Å². The lowest BCUT2D eigenvalue weighted by molar-refractivity contribution is 0.289. The van der Waals surface area contributed by atoms with E-state index in [0.717, 1.165) is 40.9 Å². The molecule has 0 aliphatic heterocycles. The third kappa shape index (κ3) is 5.11. The first-order chi connectivity index (χ1) is 14.1. The van der Waals surface area contributed by atoms with Gasteiger partial charge >= 0.3 is 0 Å². The molecule has 0 saturated heterocycles. The van der Waals surface area contributed by atoms with Crippen molar-refractivity contribution in [2.75, 3.05) is 0 Å². The van der Waals surface area contributed by atoms with Gasteiger partial charge in [-0.25, -0.2) is 4.39 Å². The zero-order valence-electron chi connectivity index (χ0n) is 18.3. The van der Waals surface area contributed by atoms with Crippen molar-refractivity contribution in [1.29, 1.82) is 0 Å². The molecule has 0 nitrogen and oxygen atoms in total. The Labute approximate surface area is 176 Å². The summed E-state index contributed by atoms with van der Waals surface area (Å²) in [4.78, 5) is 0. The Bertz CT molecular complexity index is 774. The molecule has 0 unspecified atom stereocenters. The second kappa shape index (κ2) is 9.45. The van der Waals surface area contributed by atoms with Crippen LogP contribution in [0.1, 0.15) is 88.7 Å². The van der Waals surface area contributed by atoms with E-state index in [1.54, 1.807) is 6.07 Å². The molecule has 0 radical (unpaired) electrons. The van der Waals surface area contributed by atoms with Gasteiger partial charge < -0.3 is 0 Å². The fourth-order valence-electron chi connectivity index (χ4n) is 5.63. The number of halogens is 1. The molecule has 0 bridgehead atoms. The smallest absolute Gasteiger partial charge is 0.131 e. The first-order valence-electron chi connectivity index (χ1n) is 12.0. The number of hydrogen-bond acceptors (Lipinski definition) is 0. The molecule has 0 amide bonds. The van der Waals surface area contributed by atoms with Crippen molar-refractivity contribution in [2.45, 2.75) is 84.0 Å². The van der Waals surface area contributed by atoms with E-state index in [4.69, 9.17) is 0 Å². The first kappa shape index (κ1) is 20.6. The quantitative estimate of drug-likeness (QED) is 0.478. The van der Waals surface area contributed by atoms with Gasteiger partial charge in [0.25, 0.3) is 0 Å². The summed E-state index contributed by atoms with van der Waals surface area (Å²) >= 11 is 0. The van der Waals surface area contributed by atoms with Crippen LogP contribution in [0.5, 0.6) is 0 Å². The van der Waals surface area contributed by atoms with E-state index in [1.807, 2.05) is 6.07 Å². The topological polar surface area (TPSA) is 0 Å². The maximum atomic E-state index is 14.9. The van der Waals surface area contributed by atoms with Gasteiger partial charge in [-0.15, -0.1) is 0 Å². The molecule has 1 heteroatoms. The Morgan fingerprint density at radius 1 is 0.793 bits per heavy atom. The van der Waals surface area contributed by atoms with Crippen molar-refractivity contribution in [1.82, 2.24) is 0 Å². The van der Waals surface area contributed by atoms with Crippen molar-refractivity contribution in [3.8, 4) is 11.1 Å². The Morgan fingerprint density at radius 3 is 2.07 bits per heavy atom. The molecular formula is C28H37F. The van der Waals surface area contributed by atoms with Crippen LogP contribution in [0.2, 0.25) is 0 Å². The normalized spacial score (nSPS) is 27.7. The Balaban J connectivity index is 1.40. The van der Waals surface area contributed by atoms with E-state index in [0.29, 0.717) is 5.92 Å². The van der Waals surface area contributed by atoms with Crippen molar-refractivity contribution >= 4 is 0 Å². The maximum absolute atomic E-state index is 14.9. The van der Waals surface area contributed by atoms with E-state index in [-0.39, 0.29) is 5.82 Å². The molecule has 29 heavy (non-hydrogen) atoms. The molecule has 0 spiro atoms. The van der Waals surface area contributed by atoms with E-state index < -0.39 is 0 Å². The van der Waals surface area contributed by atoms with Crippen LogP contribution in [0, 0.1) is 23.6 Å². The molecule has 2 aromatic rings. The van der Waals surface area contributed by atoms with Crippen molar-refractivity contribution in [3.63, 3.8) is 0 Å². The first-order valence-corrected chi connectivity index (χ1v) is 12.0. The molecule has 2 saturated carbocycles. The molecule has 0 atom stereocenters. The summed E-state index contributed by atoms with van der Waals surface area (Å²) in [5, 5.41) is 0. The van der Waals surface area contributed by atoms with Gasteiger partial charge in [0.15, 0.2) is 0 Å². The predicted octanol–water partition coefficient (Wildman–Crippen LogP) is 8.55. The standard InChI is InChI=1S/C28H37F/c1-3-21-8-11-24(12-9-21)25-13-15-26(16-14-25)27-17-10-23(19-28(27)29)18-22-6-4-20(2)5-7-22/h10,13-17,19-22,24H,3-9,11-12,18H2,1-2H3. The average Bonchev–Trinajstić information content (AvgIpc) is 2.76. The minimum absolute atomic E-state index is 0.0668. The van der Waals surface area contributed by atoms with Crippen LogP contribution < -0.4 is 0 Å². The van der Waals surface area contributed by atoms with E-state index >= 15 is 0 Å². The lowest BCUT2D eigenvalue weighted by atomic mass is 9.77. The monoisotopic (exact) mass is 392 g/mol. The van der Waals surface area contributed by atoms with Crippen molar-refractivity contribution in [3.05, 3.63) is 59.4 Å². The van der Waals surface area contributed by atoms with Gasteiger partial charge in [-0.3, -0.25) is 0 Å². The van der Waals surface area contributed by atoms with Crippen LogP contribution in [-0.2, 0) is 6.42 Å². The molecule has 2 aliphatic rings. The van der Waals surface area contributed by atoms with E-state index in [9.17, 15) is 4.39 Å². The van der Waals surface area contributed by atoms with Gasteiger partial charge in [0, 0.05) is 5.56 Å². The van der Waals surface area contributed by atoms with E-state index in [1.165, 1.54) is 63.4 Å². The third-order valence-electron chi connectivity index (χ3n) is 7.81. The Kier molecular flexibility index (Phi) is 6.73. The van der Waals surface area contributed by atoms with E-state index in [2.05, 4.69) is 44.2 Å². The van der Waals surface area contributed by atoms with Crippen LogP contribution in [0.15, 0.2) is 42.5 Å². The Morgan fingerprint density at radius 2 is 1.45 bits per heavy atom. The molecule has 0 heterocycles. The zero-order valence-corrected chi connectivity index (χ0v) is 18.3. The molecule has 0 N–H and O–H groups in total. The van der Waals surface area contributed by atoms with Gasteiger partial charge in [-0.05, 0) is 91.4 Å². The largest absolute Gasteiger partial charge is 0.206 e. The fraction of sp³-hybridized carbons (Fsp3) is 0.571. The molecule has 0 aromatic heterocycles. The molecular weight excluding hydrogens is 355 g/mol. The van der Waals surface area contributed by atoms with Crippen molar-refractivity contribution in [2.24, 2.45) is 17.8 Å². The van der Waals surface area contributed by atoms with Gasteiger partial charge in [-0.1, -0.05) is 69.5 Å². The van der Waals surface area contributed by atoms with Crippen LogP contribution in [-0.4, -0.2) is 0 Å². The maximum Gasteiger partial charge on any atom is 0.131 e. The summed E-state index contributed by atoms with van der Waals surface area (Å²) in [6.07, 6.45) is 12.9. The lowest BCUT2D eigenvalue weighted by Crippen LogP contribution is -2.14.